The fraction of sp³-hybridized carbons (Fsp3) is 0.700. The molecule has 29 heavy (non-hydrogen) atoms. The summed E-state index contributed by atoms with van der Waals surface area (Å²) in [5.74, 6) is 3.49. The van der Waals surface area contributed by atoms with Crippen LogP contribution in [0.25, 0.3) is 0 Å². The zero-order valence-electron chi connectivity index (χ0n) is 17.4. The largest absolute Gasteiger partial charge is 0.356 e. The Morgan fingerprint density at radius 1 is 1.07 bits per heavy atom. The van der Waals surface area contributed by atoms with Crippen LogP contribution in [0.3, 0.4) is 0 Å². The molecule has 2 aliphatic heterocycles. The number of anilines is 1. The van der Waals surface area contributed by atoms with E-state index in [1.165, 1.54) is 30.3 Å². The van der Waals surface area contributed by atoms with Crippen LogP contribution in [-0.2, 0) is 11.3 Å². The molecule has 2 aromatic heterocycles. The molecule has 0 aliphatic carbocycles. The molecule has 0 bridgehead atoms. The molecule has 0 radical (unpaired) electrons. The standard InChI is InChI=1S/C20H30N8O/c1-15-12-21-16(2)23-20(15)27-8-3-4-17(7-11-27)18-5-9-26(10-6-18)19(29)13-28-14-22-24-25-28/h12,14,17-18H,3-11,13H2,1-2H3. The van der Waals surface area contributed by atoms with Gasteiger partial charge in [-0.25, -0.2) is 14.6 Å². The molecule has 4 heterocycles. The first-order chi connectivity index (χ1) is 14.1. The Hall–Kier alpha value is -2.58. The van der Waals surface area contributed by atoms with Gasteiger partial charge < -0.3 is 9.80 Å². The van der Waals surface area contributed by atoms with Crippen molar-refractivity contribution in [1.82, 2.24) is 35.1 Å². The van der Waals surface area contributed by atoms with Crippen LogP contribution in [0.1, 0.15) is 43.5 Å². The molecule has 2 fully saturated rings. The van der Waals surface area contributed by atoms with Gasteiger partial charge in [-0.1, -0.05) is 0 Å². The molecule has 1 atom stereocenters. The normalized spacial score (nSPS) is 21.2. The molecule has 0 N–H and O–H groups in total. The molecule has 2 aromatic rings. The Kier molecular flexibility index (Phi) is 6.01. The quantitative estimate of drug-likeness (QED) is 0.773. The van der Waals surface area contributed by atoms with Crippen LogP contribution in [-0.4, -0.2) is 67.2 Å². The number of aromatic nitrogens is 6. The summed E-state index contributed by atoms with van der Waals surface area (Å²) in [7, 11) is 0. The van der Waals surface area contributed by atoms with E-state index in [1.807, 2.05) is 18.0 Å². The summed E-state index contributed by atoms with van der Waals surface area (Å²) < 4.78 is 1.49. The van der Waals surface area contributed by atoms with Crippen LogP contribution >= 0.6 is 0 Å². The van der Waals surface area contributed by atoms with Crippen molar-refractivity contribution in [2.24, 2.45) is 11.8 Å². The van der Waals surface area contributed by atoms with Crippen molar-refractivity contribution in [3.63, 3.8) is 0 Å². The maximum absolute atomic E-state index is 12.5. The molecule has 2 saturated heterocycles. The number of hydrogen-bond donors (Lipinski definition) is 0. The zero-order valence-corrected chi connectivity index (χ0v) is 17.4. The number of carbonyl (C=O) groups excluding carboxylic acids is 1. The first-order valence-electron chi connectivity index (χ1n) is 10.6. The molecular weight excluding hydrogens is 368 g/mol. The molecule has 2 aliphatic rings. The summed E-state index contributed by atoms with van der Waals surface area (Å²) in [5.41, 5.74) is 1.16. The summed E-state index contributed by atoms with van der Waals surface area (Å²) >= 11 is 0. The van der Waals surface area contributed by atoms with E-state index < -0.39 is 0 Å². The van der Waals surface area contributed by atoms with E-state index in [1.54, 1.807) is 0 Å². The second-order valence-corrected chi connectivity index (χ2v) is 8.33. The highest BCUT2D eigenvalue weighted by Gasteiger charge is 2.30. The third kappa shape index (κ3) is 4.71. The third-order valence-corrected chi connectivity index (χ3v) is 6.39. The van der Waals surface area contributed by atoms with Gasteiger partial charge in [-0.2, -0.15) is 0 Å². The number of likely N-dealkylation sites (tertiary alicyclic amines) is 1. The van der Waals surface area contributed by atoms with Crippen molar-refractivity contribution in [3.05, 3.63) is 23.9 Å². The minimum absolute atomic E-state index is 0.109. The highest BCUT2D eigenvalue weighted by atomic mass is 16.2. The smallest absolute Gasteiger partial charge is 0.244 e. The number of hydrogen-bond acceptors (Lipinski definition) is 7. The monoisotopic (exact) mass is 398 g/mol. The predicted molar refractivity (Wildman–Crippen MR) is 108 cm³/mol. The zero-order chi connectivity index (χ0) is 20.2. The average Bonchev–Trinajstić information content (AvgIpc) is 3.12. The number of piperidine rings is 1. The maximum atomic E-state index is 12.5. The fourth-order valence-electron chi connectivity index (χ4n) is 4.76. The van der Waals surface area contributed by atoms with Gasteiger partial charge in [0, 0.05) is 37.9 Å². The topological polar surface area (TPSA) is 92.9 Å². The van der Waals surface area contributed by atoms with Crippen LogP contribution in [0.4, 0.5) is 5.82 Å². The van der Waals surface area contributed by atoms with E-state index in [2.05, 4.69) is 32.3 Å². The number of carbonyl (C=O) groups is 1. The Labute approximate surface area is 171 Å². The molecule has 156 valence electrons. The van der Waals surface area contributed by atoms with Gasteiger partial charge in [0.1, 0.15) is 24.5 Å². The maximum Gasteiger partial charge on any atom is 0.244 e. The SMILES string of the molecule is Cc1ncc(C)c(N2CCCC(C3CCN(C(=O)Cn4cnnn4)CC3)CC2)n1. The first kappa shape index (κ1) is 19.7. The minimum atomic E-state index is 0.109. The third-order valence-electron chi connectivity index (χ3n) is 6.39. The Balaban J connectivity index is 1.29. The lowest BCUT2D eigenvalue weighted by Gasteiger charge is -2.36. The molecule has 1 amide bonds. The summed E-state index contributed by atoms with van der Waals surface area (Å²) in [5, 5.41) is 11.0. The Morgan fingerprint density at radius 2 is 1.83 bits per heavy atom. The van der Waals surface area contributed by atoms with E-state index >= 15 is 0 Å². The second kappa shape index (κ2) is 8.84. The molecule has 0 aromatic carbocycles. The number of tetrazole rings is 1. The van der Waals surface area contributed by atoms with E-state index in [4.69, 9.17) is 4.98 Å². The Bertz CT molecular complexity index is 816. The second-order valence-electron chi connectivity index (χ2n) is 8.33. The summed E-state index contributed by atoms with van der Waals surface area (Å²) in [6.07, 6.45) is 9.28. The molecule has 0 spiro atoms. The van der Waals surface area contributed by atoms with Gasteiger partial charge in [0.05, 0.1) is 0 Å². The van der Waals surface area contributed by atoms with Gasteiger partial charge in [0.2, 0.25) is 5.91 Å². The Morgan fingerprint density at radius 3 is 2.59 bits per heavy atom. The van der Waals surface area contributed by atoms with Gasteiger partial charge in [-0.15, -0.1) is 5.10 Å². The van der Waals surface area contributed by atoms with Gasteiger partial charge >= 0.3 is 0 Å². The van der Waals surface area contributed by atoms with Crippen molar-refractivity contribution in [1.29, 1.82) is 0 Å². The van der Waals surface area contributed by atoms with Gasteiger partial charge in [0.25, 0.3) is 0 Å². The van der Waals surface area contributed by atoms with Crippen molar-refractivity contribution >= 4 is 11.7 Å². The summed E-state index contributed by atoms with van der Waals surface area (Å²) in [4.78, 5) is 25.9. The van der Waals surface area contributed by atoms with Crippen LogP contribution in [0.5, 0.6) is 0 Å². The lowest BCUT2D eigenvalue weighted by molar-refractivity contribution is -0.133. The van der Waals surface area contributed by atoms with Crippen LogP contribution < -0.4 is 4.90 Å². The van der Waals surface area contributed by atoms with E-state index in [0.29, 0.717) is 5.92 Å². The summed E-state index contributed by atoms with van der Waals surface area (Å²) in [6.45, 7) is 8.09. The molecule has 9 nitrogen and oxygen atoms in total. The number of rotatable bonds is 4. The van der Waals surface area contributed by atoms with Gasteiger partial charge in [-0.05, 0) is 68.2 Å². The predicted octanol–water partition coefficient (Wildman–Crippen LogP) is 1.63. The van der Waals surface area contributed by atoms with Crippen molar-refractivity contribution in [3.8, 4) is 0 Å². The lowest BCUT2D eigenvalue weighted by atomic mass is 9.80. The van der Waals surface area contributed by atoms with E-state index in [-0.39, 0.29) is 12.5 Å². The minimum Gasteiger partial charge on any atom is -0.356 e. The van der Waals surface area contributed by atoms with Crippen molar-refractivity contribution in [2.45, 2.75) is 52.5 Å². The fourth-order valence-corrected chi connectivity index (χ4v) is 4.76. The highest BCUT2D eigenvalue weighted by molar-refractivity contribution is 5.75. The van der Waals surface area contributed by atoms with Crippen LogP contribution in [0.2, 0.25) is 0 Å². The lowest BCUT2D eigenvalue weighted by Crippen LogP contribution is -2.41. The molecule has 4 rings (SSSR count). The van der Waals surface area contributed by atoms with Crippen molar-refractivity contribution in [2.75, 3.05) is 31.1 Å². The molecular formula is C20H30N8O. The first-order valence-corrected chi connectivity index (χ1v) is 10.6. The van der Waals surface area contributed by atoms with Gasteiger partial charge in [-0.3, -0.25) is 4.79 Å². The molecule has 1 unspecified atom stereocenters. The number of nitrogens with zero attached hydrogens (tertiary/aromatic N) is 8. The van der Waals surface area contributed by atoms with E-state index in [9.17, 15) is 4.79 Å². The van der Waals surface area contributed by atoms with Crippen LogP contribution in [0.15, 0.2) is 12.5 Å². The van der Waals surface area contributed by atoms with E-state index in [0.717, 1.165) is 62.1 Å². The van der Waals surface area contributed by atoms with Crippen molar-refractivity contribution < 1.29 is 4.79 Å². The number of amides is 1. The molecule has 0 saturated carbocycles. The van der Waals surface area contributed by atoms with Crippen LogP contribution in [0, 0.1) is 25.7 Å². The highest BCUT2D eigenvalue weighted by Crippen LogP contribution is 2.33. The van der Waals surface area contributed by atoms with Gasteiger partial charge in [0.15, 0.2) is 0 Å². The summed E-state index contributed by atoms with van der Waals surface area (Å²) in [6, 6.07) is 0. The number of aryl methyl sites for hydroxylation is 2. The molecule has 9 heteroatoms. The average molecular weight is 399 g/mol.